The van der Waals surface area contributed by atoms with Crippen molar-refractivity contribution in [1.82, 2.24) is 15.5 Å². The summed E-state index contributed by atoms with van der Waals surface area (Å²) >= 11 is 0. The largest absolute Gasteiger partial charge is 0.369 e. The molecule has 1 fully saturated rings. The van der Waals surface area contributed by atoms with Crippen LogP contribution in [0.2, 0.25) is 0 Å². The number of nitrogens with two attached hydrogens (primary N) is 1. The molecule has 1 saturated heterocycles. The summed E-state index contributed by atoms with van der Waals surface area (Å²) in [6.07, 6.45) is 5.35. The molecule has 232 valence electrons. The molecule has 4 N–H and O–H groups in total. The van der Waals surface area contributed by atoms with Crippen molar-refractivity contribution in [3.63, 3.8) is 0 Å². The van der Waals surface area contributed by atoms with Crippen LogP contribution in [-0.2, 0) is 33.8 Å². The number of carbonyl (C=O) groups excluding carboxylic acids is 3. The van der Waals surface area contributed by atoms with Crippen LogP contribution in [0.3, 0.4) is 0 Å². The number of nitrogens with zero attached hydrogens (tertiary/aromatic N) is 2. The molecule has 0 saturated carbocycles. The minimum atomic E-state index is -0.556. The van der Waals surface area contributed by atoms with E-state index in [2.05, 4.69) is 72.7 Å². The number of carbonyl (C=O) groups is 3. The van der Waals surface area contributed by atoms with Crippen LogP contribution >= 0.6 is 0 Å². The van der Waals surface area contributed by atoms with Gasteiger partial charge in [0.15, 0.2) is 0 Å². The normalized spacial score (nSPS) is 23.2. The predicted molar refractivity (Wildman–Crippen MR) is 170 cm³/mol. The highest BCUT2D eigenvalue weighted by Gasteiger charge is 2.44. The molecule has 5 atom stereocenters. The Balaban J connectivity index is 1.28. The van der Waals surface area contributed by atoms with Crippen molar-refractivity contribution in [1.29, 1.82) is 0 Å². The third-order valence-corrected chi connectivity index (χ3v) is 9.51. The van der Waals surface area contributed by atoms with Gasteiger partial charge in [-0.15, -0.1) is 0 Å². The molecule has 8 nitrogen and oxygen atoms in total. The molecule has 0 unspecified atom stereocenters. The number of primary amides is 1. The summed E-state index contributed by atoms with van der Waals surface area (Å²) in [4.78, 5) is 44.6. The second kappa shape index (κ2) is 14.0. The van der Waals surface area contributed by atoms with E-state index in [1.165, 1.54) is 5.56 Å². The lowest BCUT2D eigenvalue weighted by molar-refractivity contribution is -0.127. The first-order chi connectivity index (χ1) is 20.7. The first-order valence-corrected chi connectivity index (χ1v) is 16.3. The van der Waals surface area contributed by atoms with E-state index in [4.69, 9.17) is 5.73 Å². The van der Waals surface area contributed by atoms with Crippen molar-refractivity contribution < 1.29 is 14.4 Å². The Bertz CT molecular complexity index is 1280. The lowest BCUT2D eigenvalue weighted by Gasteiger charge is -2.31. The van der Waals surface area contributed by atoms with Crippen molar-refractivity contribution in [2.45, 2.75) is 90.4 Å². The smallest absolute Gasteiger partial charge is 0.244 e. The Morgan fingerprint density at radius 1 is 1.05 bits per heavy atom. The third-order valence-electron chi connectivity index (χ3n) is 9.51. The van der Waals surface area contributed by atoms with Crippen LogP contribution in [0, 0.1) is 17.8 Å². The summed E-state index contributed by atoms with van der Waals surface area (Å²) in [5.41, 5.74) is 10.2. The van der Waals surface area contributed by atoms with Gasteiger partial charge in [-0.25, -0.2) is 0 Å². The number of anilines is 1. The molecule has 3 heterocycles. The van der Waals surface area contributed by atoms with Gasteiger partial charge < -0.3 is 16.4 Å². The summed E-state index contributed by atoms with van der Waals surface area (Å²) in [6.45, 7) is 9.55. The average molecular weight is 588 g/mol. The SMILES string of the molecule is CCC[C@@H](C(N)=O)[C@H](CN[C@H]1CCc2cccc3c2N(C1=O)[C@H](C(=O)N[C@H]1CCN(Cc2ccccc2)C1)C3)CC(C)C. The zero-order chi connectivity index (χ0) is 30.5. The first kappa shape index (κ1) is 31.2. The van der Waals surface area contributed by atoms with Crippen molar-refractivity contribution in [2.75, 3.05) is 24.5 Å². The van der Waals surface area contributed by atoms with Crippen LogP contribution < -0.4 is 21.3 Å². The fraction of sp³-hybridized carbons (Fsp3) is 0.571. The molecule has 43 heavy (non-hydrogen) atoms. The Morgan fingerprint density at radius 2 is 1.81 bits per heavy atom. The Hall–Kier alpha value is -3.23. The summed E-state index contributed by atoms with van der Waals surface area (Å²) in [6, 6.07) is 15.7. The second-order valence-corrected chi connectivity index (χ2v) is 13.3. The van der Waals surface area contributed by atoms with Gasteiger partial charge in [0.1, 0.15) is 6.04 Å². The van der Waals surface area contributed by atoms with E-state index in [1.807, 2.05) is 12.1 Å². The Morgan fingerprint density at radius 3 is 2.53 bits per heavy atom. The van der Waals surface area contributed by atoms with E-state index < -0.39 is 12.1 Å². The molecule has 8 heteroatoms. The van der Waals surface area contributed by atoms with Crippen LogP contribution in [0.1, 0.15) is 69.6 Å². The molecule has 2 aromatic rings. The zero-order valence-corrected chi connectivity index (χ0v) is 26.1. The molecule has 0 radical (unpaired) electrons. The van der Waals surface area contributed by atoms with Crippen molar-refractivity contribution >= 4 is 23.4 Å². The van der Waals surface area contributed by atoms with E-state index >= 15 is 0 Å². The number of rotatable bonds is 13. The van der Waals surface area contributed by atoms with Gasteiger partial charge in [0, 0.05) is 38.0 Å². The maximum atomic E-state index is 14.2. The summed E-state index contributed by atoms with van der Waals surface area (Å²) in [7, 11) is 0. The molecule has 5 rings (SSSR count). The van der Waals surface area contributed by atoms with Gasteiger partial charge in [-0.05, 0) is 67.2 Å². The molecule has 0 aliphatic carbocycles. The number of benzene rings is 2. The lowest BCUT2D eigenvalue weighted by Crippen LogP contribution is -2.55. The fourth-order valence-corrected chi connectivity index (χ4v) is 7.47. The summed E-state index contributed by atoms with van der Waals surface area (Å²) in [5.74, 6) is -0.127. The number of aryl methyl sites for hydroxylation is 1. The maximum Gasteiger partial charge on any atom is 0.244 e. The van der Waals surface area contributed by atoms with Gasteiger partial charge in [0.2, 0.25) is 17.7 Å². The minimum absolute atomic E-state index is 0.0459. The molecule has 0 aromatic heterocycles. The van der Waals surface area contributed by atoms with Gasteiger partial charge in [-0.3, -0.25) is 24.2 Å². The van der Waals surface area contributed by atoms with Crippen molar-refractivity contribution in [3.8, 4) is 0 Å². The van der Waals surface area contributed by atoms with Gasteiger partial charge in [-0.1, -0.05) is 75.7 Å². The maximum absolute atomic E-state index is 14.2. The minimum Gasteiger partial charge on any atom is -0.369 e. The van der Waals surface area contributed by atoms with Crippen LogP contribution in [0.25, 0.3) is 0 Å². The molecule has 0 bridgehead atoms. The lowest BCUT2D eigenvalue weighted by atomic mass is 9.82. The van der Waals surface area contributed by atoms with Gasteiger partial charge in [-0.2, -0.15) is 0 Å². The van der Waals surface area contributed by atoms with Gasteiger partial charge >= 0.3 is 0 Å². The highest BCUT2D eigenvalue weighted by Crippen LogP contribution is 2.39. The van der Waals surface area contributed by atoms with Crippen LogP contribution in [-0.4, -0.2) is 60.4 Å². The third kappa shape index (κ3) is 7.29. The fourth-order valence-electron chi connectivity index (χ4n) is 7.47. The number of likely N-dealkylation sites (tertiary alicyclic amines) is 1. The van der Waals surface area contributed by atoms with Gasteiger partial charge in [0.05, 0.1) is 11.7 Å². The van der Waals surface area contributed by atoms with Crippen LogP contribution in [0.15, 0.2) is 48.5 Å². The molecule has 0 spiro atoms. The summed E-state index contributed by atoms with van der Waals surface area (Å²) in [5, 5.41) is 6.86. The molecule has 2 aromatic carbocycles. The highest BCUT2D eigenvalue weighted by atomic mass is 16.2. The van der Waals surface area contributed by atoms with Crippen LogP contribution in [0.5, 0.6) is 0 Å². The van der Waals surface area contributed by atoms with E-state index in [-0.39, 0.29) is 35.6 Å². The van der Waals surface area contributed by atoms with E-state index in [9.17, 15) is 14.4 Å². The molecule has 3 aliphatic heterocycles. The zero-order valence-electron chi connectivity index (χ0n) is 26.1. The van der Waals surface area contributed by atoms with E-state index in [0.29, 0.717) is 25.3 Å². The Labute approximate surface area is 256 Å². The number of hydrogen-bond donors (Lipinski definition) is 3. The second-order valence-electron chi connectivity index (χ2n) is 13.3. The standard InChI is InChI=1S/C35H49N5O3/c1-4-9-29(33(36)41)27(18-23(2)3)20-37-30-15-14-25-12-8-13-26-19-31(40(32(25)26)35(30)43)34(42)38-28-16-17-39(22-28)21-24-10-6-5-7-11-24/h5-8,10-13,23,27-31,37H,4,9,14-22H2,1-3H3,(H2,36,41)(H,38,42)/t27-,28-,29+,30-,31-/m0/s1. The predicted octanol–water partition coefficient (Wildman–Crippen LogP) is 3.80. The highest BCUT2D eigenvalue weighted by molar-refractivity contribution is 6.07. The average Bonchev–Trinajstić information content (AvgIpc) is 3.56. The molecule has 3 amide bonds. The van der Waals surface area contributed by atoms with E-state index in [0.717, 1.165) is 68.6 Å². The number of hydrogen-bond acceptors (Lipinski definition) is 5. The van der Waals surface area contributed by atoms with E-state index in [1.54, 1.807) is 4.90 Å². The topological polar surface area (TPSA) is 108 Å². The molecular weight excluding hydrogens is 538 g/mol. The number of amides is 3. The monoisotopic (exact) mass is 587 g/mol. The first-order valence-electron chi connectivity index (χ1n) is 16.3. The van der Waals surface area contributed by atoms with Crippen molar-refractivity contribution in [2.24, 2.45) is 23.5 Å². The van der Waals surface area contributed by atoms with Gasteiger partial charge in [0.25, 0.3) is 0 Å². The van der Waals surface area contributed by atoms with Crippen LogP contribution in [0.4, 0.5) is 5.69 Å². The summed E-state index contributed by atoms with van der Waals surface area (Å²) < 4.78 is 0. The number of para-hydroxylation sites is 1. The van der Waals surface area contributed by atoms with Crippen molar-refractivity contribution in [3.05, 3.63) is 65.2 Å². The quantitative estimate of drug-likeness (QED) is 0.331. The number of nitrogens with one attached hydrogen (secondary N) is 2. The molecular formula is C35H49N5O3. The molecule has 3 aliphatic rings. The Kier molecular flexibility index (Phi) is 10.2.